The first-order valence-corrected chi connectivity index (χ1v) is 11.0. The maximum absolute atomic E-state index is 12.5. The third-order valence-electron chi connectivity index (χ3n) is 5.57. The summed E-state index contributed by atoms with van der Waals surface area (Å²) in [5.41, 5.74) is 2.75. The van der Waals surface area contributed by atoms with Crippen molar-refractivity contribution in [2.24, 2.45) is 7.05 Å². The molecule has 4 rings (SSSR count). The molecule has 0 spiro atoms. The van der Waals surface area contributed by atoms with Crippen LogP contribution in [0.25, 0.3) is 22.6 Å². The molecule has 0 aliphatic carbocycles. The summed E-state index contributed by atoms with van der Waals surface area (Å²) in [6.45, 7) is 11.6. The topological polar surface area (TPSA) is 100 Å². The van der Waals surface area contributed by atoms with E-state index in [-0.39, 0.29) is 12.2 Å². The lowest BCUT2D eigenvalue weighted by Crippen LogP contribution is -2.46. The van der Waals surface area contributed by atoms with E-state index in [1.54, 1.807) is 4.90 Å². The number of fused-ring (bicyclic) bond motifs is 1. The molecular weight excluding hydrogens is 410 g/mol. The van der Waals surface area contributed by atoms with Crippen LogP contribution in [0.1, 0.15) is 46.2 Å². The number of amides is 1. The summed E-state index contributed by atoms with van der Waals surface area (Å²) < 4.78 is 15.6. The maximum Gasteiger partial charge on any atom is 0.410 e. The monoisotopic (exact) mass is 441 g/mol. The quantitative estimate of drug-likeness (QED) is 0.612. The van der Waals surface area contributed by atoms with Gasteiger partial charge in [0.1, 0.15) is 23.9 Å². The summed E-state index contributed by atoms with van der Waals surface area (Å²) in [5.74, 6) is 1.19. The van der Waals surface area contributed by atoms with Crippen molar-refractivity contribution in [1.82, 2.24) is 34.2 Å². The Bertz CT molecular complexity index is 1130. The molecule has 32 heavy (non-hydrogen) atoms. The standard InChI is InChI=1S/C22H31N7O3/c1-7-29-14(2)16(11-25-29)18-26-17-19(27(18)6)23-13-24-20(17)31-15-9-8-10-28(12-15)21(30)32-22(3,4)5/h11,13,15H,7-10,12H2,1-6H3. The lowest BCUT2D eigenvalue weighted by atomic mass is 10.1. The average molecular weight is 442 g/mol. The fourth-order valence-electron chi connectivity index (χ4n) is 3.97. The lowest BCUT2D eigenvalue weighted by molar-refractivity contribution is 0.00740. The van der Waals surface area contributed by atoms with Crippen LogP contribution >= 0.6 is 0 Å². The molecule has 0 radical (unpaired) electrons. The second-order valence-electron chi connectivity index (χ2n) is 9.11. The number of piperidine rings is 1. The minimum Gasteiger partial charge on any atom is -0.471 e. The summed E-state index contributed by atoms with van der Waals surface area (Å²) in [7, 11) is 1.93. The first-order chi connectivity index (χ1) is 15.2. The number of carbonyl (C=O) groups excluding carboxylic acids is 1. The molecule has 3 aromatic rings. The van der Waals surface area contributed by atoms with Gasteiger partial charge >= 0.3 is 6.09 Å². The number of rotatable bonds is 4. The Labute approximate surface area is 187 Å². The number of ether oxygens (including phenoxy) is 2. The van der Waals surface area contributed by atoms with E-state index < -0.39 is 5.60 Å². The Kier molecular flexibility index (Phi) is 5.79. The van der Waals surface area contributed by atoms with Gasteiger partial charge in [0, 0.05) is 25.8 Å². The highest BCUT2D eigenvalue weighted by Crippen LogP contribution is 2.30. The fourth-order valence-corrected chi connectivity index (χ4v) is 3.97. The van der Waals surface area contributed by atoms with Gasteiger partial charge in [-0.15, -0.1) is 0 Å². The SMILES string of the molecule is CCn1ncc(-c2nc3c(OC4CCCN(C(=O)OC(C)(C)C)C4)ncnc3n2C)c1C. The van der Waals surface area contributed by atoms with E-state index in [1.807, 2.05) is 50.2 Å². The summed E-state index contributed by atoms with van der Waals surface area (Å²) in [5, 5.41) is 4.43. The highest BCUT2D eigenvalue weighted by molar-refractivity contribution is 5.81. The van der Waals surface area contributed by atoms with Gasteiger partial charge in [-0.2, -0.15) is 10.1 Å². The fraction of sp³-hybridized carbons (Fsp3) is 0.591. The molecule has 0 aromatic carbocycles. The second-order valence-corrected chi connectivity index (χ2v) is 9.11. The summed E-state index contributed by atoms with van der Waals surface area (Å²) in [4.78, 5) is 27.8. The third-order valence-corrected chi connectivity index (χ3v) is 5.57. The van der Waals surface area contributed by atoms with E-state index in [2.05, 4.69) is 22.0 Å². The molecular formula is C22H31N7O3. The summed E-state index contributed by atoms with van der Waals surface area (Å²) in [6, 6.07) is 0. The molecule has 0 bridgehead atoms. The van der Waals surface area contributed by atoms with Crippen LogP contribution < -0.4 is 4.74 Å². The van der Waals surface area contributed by atoms with Crippen LogP contribution in [0.15, 0.2) is 12.5 Å². The predicted molar refractivity (Wildman–Crippen MR) is 119 cm³/mol. The molecule has 0 saturated carbocycles. The molecule has 1 aliphatic heterocycles. The van der Waals surface area contributed by atoms with Crippen molar-refractivity contribution in [2.45, 2.75) is 65.7 Å². The van der Waals surface area contributed by atoms with Gasteiger partial charge < -0.3 is 18.9 Å². The van der Waals surface area contributed by atoms with Crippen molar-refractivity contribution in [2.75, 3.05) is 13.1 Å². The number of imidazole rings is 1. The van der Waals surface area contributed by atoms with E-state index in [9.17, 15) is 4.79 Å². The Morgan fingerprint density at radius 1 is 1.28 bits per heavy atom. The maximum atomic E-state index is 12.5. The highest BCUT2D eigenvalue weighted by atomic mass is 16.6. The number of hydrogen-bond acceptors (Lipinski definition) is 7. The van der Waals surface area contributed by atoms with Crippen LogP contribution in [-0.4, -0.2) is 65.1 Å². The van der Waals surface area contributed by atoms with Crippen molar-refractivity contribution >= 4 is 17.3 Å². The van der Waals surface area contributed by atoms with Gasteiger partial charge in [-0.3, -0.25) is 4.68 Å². The van der Waals surface area contributed by atoms with E-state index in [1.165, 1.54) is 6.33 Å². The Balaban J connectivity index is 1.58. The van der Waals surface area contributed by atoms with Gasteiger partial charge in [-0.1, -0.05) is 0 Å². The molecule has 172 valence electrons. The van der Waals surface area contributed by atoms with Crippen LogP contribution in [0, 0.1) is 6.92 Å². The van der Waals surface area contributed by atoms with Gasteiger partial charge in [0.15, 0.2) is 11.2 Å². The highest BCUT2D eigenvalue weighted by Gasteiger charge is 2.29. The minimum absolute atomic E-state index is 0.190. The zero-order chi connectivity index (χ0) is 23.0. The van der Waals surface area contributed by atoms with Crippen LogP contribution in [0.4, 0.5) is 4.79 Å². The molecule has 1 saturated heterocycles. The Hall–Kier alpha value is -3.17. The van der Waals surface area contributed by atoms with Crippen molar-refractivity contribution in [3.8, 4) is 17.3 Å². The van der Waals surface area contributed by atoms with Gasteiger partial charge in [-0.25, -0.2) is 14.8 Å². The van der Waals surface area contributed by atoms with Crippen molar-refractivity contribution in [3.63, 3.8) is 0 Å². The third kappa shape index (κ3) is 4.26. The van der Waals surface area contributed by atoms with E-state index >= 15 is 0 Å². The number of hydrogen-bond donors (Lipinski definition) is 0. The van der Waals surface area contributed by atoms with Gasteiger partial charge in [-0.05, 0) is 47.5 Å². The van der Waals surface area contributed by atoms with Crippen LogP contribution in [-0.2, 0) is 18.3 Å². The molecule has 1 aliphatic rings. The minimum atomic E-state index is -0.530. The summed E-state index contributed by atoms with van der Waals surface area (Å²) in [6.07, 6.45) is 4.47. The smallest absolute Gasteiger partial charge is 0.410 e. The normalized spacial score (nSPS) is 17.1. The Morgan fingerprint density at radius 3 is 2.75 bits per heavy atom. The van der Waals surface area contributed by atoms with Crippen LogP contribution in [0.3, 0.4) is 0 Å². The van der Waals surface area contributed by atoms with Crippen molar-refractivity contribution in [1.29, 1.82) is 0 Å². The Morgan fingerprint density at radius 2 is 2.06 bits per heavy atom. The summed E-state index contributed by atoms with van der Waals surface area (Å²) >= 11 is 0. The number of aromatic nitrogens is 6. The molecule has 10 heteroatoms. The molecule has 1 fully saturated rings. The zero-order valence-electron chi connectivity index (χ0n) is 19.6. The van der Waals surface area contributed by atoms with Gasteiger partial charge in [0.25, 0.3) is 0 Å². The number of likely N-dealkylation sites (tertiary alicyclic amines) is 1. The number of carbonyl (C=O) groups is 1. The predicted octanol–water partition coefficient (Wildman–Crippen LogP) is 3.33. The van der Waals surface area contributed by atoms with Crippen LogP contribution in [0.2, 0.25) is 0 Å². The van der Waals surface area contributed by atoms with E-state index in [0.717, 1.165) is 36.5 Å². The van der Waals surface area contributed by atoms with Gasteiger partial charge in [0.2, 0.25) is 5.88 Å². The average Bonchev–Trinajstić information content (AvgIpc) is 3.27. The lowest BCUT2D eigenvalue weighted by Gasteiger charge is -2.33. The molecule has 4 heterocycles. The van der Waals surface area contributed by atoms with Crippen LogP contribution in [0.5, 0.6) is 5.88 Å². The second kappa shape index (κ2) is 8.40. The molecule has 0 N–H and O–H groups in total. The van der Waals surface area contributed by atoms with E-state index in [0.29, 0.717) is 30.1 Å². The molecule has 1 unspecified atom stereocenters. The number of nitrogens with zero attached hydrogens (tertiary/aromatic N) is 7. The first-order valence-electron chi connectivity index (χ1n) is 11.0. The van der Waals surface area contributed by atoms with Crippen molar-refractivity contribution in [3.05, 3.63) is 18.2 Å². The van der Waals surface area contributed by atoms with Crippen molar-refractivity contribution < 1.29 is 14.3 Å². The molecule has 3 aromatic heterocycles. The van der Waals surface area contributed by atoms with Gasteiger partial charge in [0.05, 0.1) is 18.3 Å². The molecule has 1 atom stereocenters. The van der Waals surface area contributed by atoms with E-state index in [4.69, 9.17) is 14.5 Å². The largest absolute Gasteiger partial charge is 0.471 e. The molecule has 10 nitrogen and oxygen atoms in total. The zero-order valence-corrected chi connectivity index (χ0v) is 19.6. The molecule has 1 amide bonds. The first kappa shape index (κ1) is 22.0. The number of aryl methyl sites for hydroxylation is 2.